The molecule has 0 unspecified atom stereocenters. The zero-order valence-corrected chi connectivity index (χ0v) is 20.6. The molecule has 8 aromatic rings. The van der Waals surface area contributed by atoms with E-state index in [4.69, 9.17) is 0 Å². The second-order valence-corrected chi connectivity index (χ2v) is 9.72. The van der Waals surface area contributed by atoms with E-state index in [0.717, 1.165) is 11.3 Å². The molecule has 0 N–H and O–H groups in total. The standard InChI is InChI=1S/C35H23N3/c1-2-8-26(9-3-1)37-22-19-30-28-13-14-32-29-11-4-5-12-34(29)38(35(32)31(28)15-16-33(30)37)27-10-6-7-25(23-27)24-17-20-36-21-18-24/h1-23H. The third-order valence-corrected chi connectivity index (χ3v) is 7.65. The molecule has 0 aliphatic rings. The highest BCUT2D eigenvalue weighted by atomic mass is 15.0. The summed E-state index contributed by atoms with van der Waals surface area (Å²) in [5, 5.41) is 6.31. The van der Waals surface area contributed by atoms with Crippen molar-refractivity contribution >= 4 is 43.5 Å². The molecule has 3 heterocycles. The average molecular weight is 486 g/mol. The second kappa shape index (κ2) is 8.19. The molecule has 0 bridgehead atoms. The number of nitrogens with zero attached hydrogens (tertiary/aromatic N) is 3. The molecular formula is C35H23N3. The zero-order chi connectivity index (χ0) is 25.1. The van der Waals surface area contributed by atoms with Gasteiger partial charge in [-0.1, -0.05) is 66.7 Å². The Labute approximate surface area is 219 Å². The molecule has 0 amide bonds. The van der Waals surface area contributed by atoms with Crippen LogP contribution in [0.3, 0.4) is 0 Å². The van der Waals surface area contributed by atoms with Crippen molar-refractivity contribution in [1.82, 2.24) is 14.1 Å². The lowest BCUT2D eigenvalue weighted by atomic mass is 10.0. The van der Waals surface area contributed by atoms with E-state index in [0.29, 0.717) is 0 Å². The highest BCUT2D eigenvalue weighted by Gasteiger charge is 2.17. The van der Waals surface area contributed by atoms with Crippen LogP contribution >= 0.6 is 0 Å². The molecule has 5 aromatic carbocycles. The molecule has 0 saturated carbocycles. The van der Waals surface area contributed by atoms with Crippen LogP contribution < -0.4 is 0 Å². The van der Waals surface area contributed by atoms with Gasteiger partial charge < -0.3 is 9.13 Å². The van der Waals surface area contributed by atoms with Gasteiger partial charge in [0.05, 0.1) is 16.6 Å². The van der Waals surface area contributed by atoms with Crippen molar-refractivity contribution in [3.63, 3.8) is 0 Å². The normalized spacial score (nSPS) is 11.7. The fourth-order valence-corrected chi connectivity index (χ4v) is 5.94. The molecule has 0 fully saturated rings. The number of aromatic nitrogens is 3. The van der Waals surface area contributed by atoms with E-state index in [9.17, 15) is 0 Å². The van der Waals surface area contributed by atoms with Crippen LogP contribution in [-0.2, 0) is 0 Å². The molecule has 0 atom stereocenters. The minimum Gasteiger partial charge on any atom is -0.317 e. The van der Waals surface area contributed by atoms with Gasteiger partial charge in [-0.15, -0.1) is 0 Å². The van der Waals surface area contributed by atoms with Crippen LogP contribution in [0.25, 0.3) is 66.0 Å². The highest BCUT2D eigenvalue weighted by Crippen LogP contribution is 2.39. The van der Waals surface area contributed by atoms with Crippen LogP contribution in [0.1, 0.15) is 0 Å². The largest absolute Gasteiger partial charge is 0.317 e. The van der Waals surface area contributed by atoms with Crippen molar-refractivity contribution in [2.45, 2.75) is 0 Å². The highest BCUT2D eigenvalue weighted by molar-refractivity contribution is 6.22. The predicted molar refractivity (Wildman–Crippen MR) is 158 cm³/mol. The quantitative estimate of drug-likeness (QED) is 0.245. The second-order valence-electron chi connectivity index (χ2n) is 9.72. The van der Waals surface area contributed by atoms with Gasteiger partial charge in [0, 0.05) is 51.5 Å². The van der Waals surface area contributed by atoms with E-state index in [1.54, 1.807) is 0 Å². The van der Waals surface area contributed by atoms with Crippen molar-refractivity contribution in [3.05, 3.63) is 140 Å². The summed E-state index contributed by atoms with van der Waals surface area (Å²) >= 11 is 0. The summed E-state index contributed by atoms with van der Waals surface area (Å²) < 4.78 is 4.70. The van der Waals surface area contributed by atoms with Crippen molar-refractivity contribution < 1.29 is 0 Å². The van der Waals surface area contributed by atoms with E-state index in [-0.39, 0.29) is 0 Å². The number of pyridine rings is 1. The summed E-state index contributed by atoms with van der Waals surface area (Å²) in [4.78, 5) is 4.20. The van der Waals surface area contributed by atoms with Crippen LogP contribution in [0, 0.1) is 0 Å². The molecule has 178 valence electrons. The number of para-hydroxylation sites is 2. The first-order valence-electron chi connectivity index (χ1n) is 12.9. The first-order chi connectivity index (χ1) is 18.9. The summed E-state index contributed by atoms with van der Waals surface area (Å²) in [5.74, 6) is 0. The van der Waals surface area contributed by atoms with Crippen molar-refractivity contribution in [3.8, 4) is 22.5 Å². The van der Waals surface area contributed by atoms with Gasteiger partial charge >= 0.3 is 0 Å². The van der Waals surface area contributed by atoms with Gasteiger partial charge in [-0.05, 0) is 71.1 Å². The predicted octanol–water partition coefficient (Wildman–Crippen LogP) is 8.94. The molecule has 3 aromatic heterocycles. The maximum absolute atomic E-state index is 4.20. The average Bonchev–Trinajstić information content (AvgIpc) is 3.58. The Bertz CT molecular complexity index is 2120. The van der Waals surface area contributed by atoms with Crippen molar-refractivity contribution in [1.29, 1.82) is 0 Å². The monoisotopic (exact) mass is 485 g/mol. The zero-order valence-electron chi connectivity index (χ0n) is 20.6. The first-order valence-corrected chi connectivity index (χ1v) is 12.9. The Morgan fingerprint density at radius 2 is 1.16 bits per heavy atom. The SMILES string of the molecule is c1ccc(-n2ccc3c4ccc5c6ccccc6n(-c6cccc(-c7ccncc7)c6)c5c4ccc32)cc1. The first kappa shape index (κ1) is 21.0. The summed E-state index contributed by atoms with van der Waals surface area (Å²) in [7, 11) is 0. The van der Waals surface area contributed by atoms with Gasteiger partial charge in [-0.2, -0.15) is 0 Å². The summed E-state index contributed by atoms with van der Waals surface area (Å²) in [6.07, 6.45) is 5.88. The van der Waals surface area contributed by atoms with Crippen LogP contribution in [0.2, 0.25) is 0 Å². The molecule has 0 radical (unpaired) electrons. The topological polar surface area (TPSA) is 22.8 Å². The number of fused-ring (bicyclic) bond motifs is 7. The minimum atomic E-state index is 1.15. The van der Waals surface area contributed by atoms with E-state index >= 15 is 0 Å². The molecule has 3 nitrogen and oxygen atoms in total. The number of benzene rings is 5. The maximum atomic E-state index is 4.20. The van der Waals surface area contributed by atoms with Gasteiger partial charge in [0.2, 0.25) is 0 Å². The Morgan fingerprint density at radius 1 is 0.447 bits per heavy atom. The van der Waals surface area contributed by atoms with Crippen molar-refractivity contribution in [2.75, 3.05) is 0 Å². The number of hydrogen-bond acceptors (Lipinski definition) is 1. The van der Waals surface area contributed by atoms with Crippen LogP contribution in [0.4, 0.5) is 0 Å². The third-order valence-electron chi connectivity index (χ3n) is 7.65. The van der Waals surface area contributed by atoms with E-state index in [1.807, 2.05) is 12.4 Å². The molecule has 0 spiro atoms. The fourth-order valence-electron chi connectivity index (χ4n) is 5.94. The van der Waals surface area contributed by atoms with E-state index < -0.39 is 0 Å². The summed E-state index contributed by atoms with van der Waals surface area (Å²) in [6.45, 7) is 0. The van der Waals surface area contributed by atoms with Crippen LogP contribution in [-0.4, -0.2) is 14.1 Å². The van der Waals surface area contributed by atoms with Gasteiger partial charge in [0.1, 0.15) is 0 Å². The molecular weight excluding hydrogens is 462 g/mol. The fraction of sp³-hybridized carbons (Fsp3) is 0. The molecule has 0 saturated heterocycles. The summed E-state index contributed by atoms with van der Waals surface area (Å²) in [6, 6.07) is 43.6. The lowest BCUT2D eigenvalue weighted by molar-refractivity contribution is 1.13. The van der Waals surface area contributed by atoms with Crippen LogP contribution in [0.15, 0.2) is 140 Å². The smallest absolute Gasteiger partial charge is 0.0619 e. The lowest BCUT2D eigenvalue weighted by Gasteiger charge is -2.12. The minimum absolute atomic E-state index is 1.15. The third kappa shape index (κ3) is 3.06. The van der Waals surface area contributed by atoms with Gasteiger partial charge in [-0.25, -0.2) is 0 Å². The Hall–Kier alpha value is -5.15. The molecule has 38 heavy (non-hydrogen) atoms. The van der Waals surface area contributed by atoms with Gasteiger partial charge in [-0.3, -0.25) is 4.98 Å². The van der Waals surface area contributed by atoms with Gasteiger partial charge in [0.25, 0.3) is 0 Å². The Balaban J connectivity index is 1.45. The number of rotatable bonds is 3. The number of hydrogen-bond donors (Lipinski definition) is 0. The van der Waals surface area contributed by atoms with E-state index in [1.165, 1.54) is 54.7 Å². The molecule has 0 aliphatic heterocycles. The molecule has 3 heteroatoms. The van der Waals surface area contributed by atoms with Gasteiger partial charge in [0.15, 0.2) is 0 Å². The van der Waals surface area contributed by atoms with Crippen LogP contribution in [0.5, 0.6) is 0 Å². The lowest BCUT2D eigenvalue weighted by Crippen LogP contribution is -1.95. The summed E-state index contributed by atoms with van der Waals surface area (Å²) in [5.41, 5.74) is 8.33. The molecule has 0 aliphatic carbocycles. The maximum Gasteiger partial charge on any atom is 0.0619 e. The van der Waals surface area contributed by atoms with E-state index in [2.05, 4.69) is 142 Å². The van der Waals surface area contributed by atoms with Crippen molar-refractivity contribution in [2.24, 2.45) is 0 Å². The molecule has 8 rings (SSSR count). The Morgan fingerprint density at radius 3 is 2.05 bits per heavy atom. The Kier molecular flexibility index (Phi) is 4.52.